The van der Waals surface area contributed by atoms with E-state index in [0.29, 0.717) is 36.1 Å². The standard InChI is InChI=1S/C26H36N2O4/c1-20(21-7-5-4-6-8-21)11-15-28-16-12-22(13-17-28)32-25-19-23(31-3)9-10-24(25)26(29)27-14-18-30-2/h4-10,19-20,22H,11-18H2,1-3H3,(H,27,29). The van der Waals surface area contributed by atoms with Crippen molar-refractivity contribution in [2.45, 2.75) is 38.2 Å². The van der Waals surface area contributed by atoms with Gasteiger partial charge in [-0.05, 0) is 49.4 Å². The van der Waals surface area contributed by atoms with E-state index in [0.717, 1.165) is 38.9 Å². The molecule has 0 spiro atoms. The number of hydrogen-bond acceptors (Lipinski definition) is 5. The summed E-state index contributed by atoms with van der Waals surface area (Å²) in [6.45, 7) is 6.33. The molecule has 0 radical (unpaired) electrons. The summed E-state index contributed by atoms with van der Waals surface area (Å²) in [7, 11) is 3.23. The van der Waals surface area contributed by atoms with Gasteiger partial charge in [-0.2, -0.15) is 0 Å². The first-order valence-electron chi connectivity index (χ1n) is 11.5. The Kier molecular flexibility index (Phi) is 9.38. The van der Waals surface area contributed by atoms with Crippen LogP contribution >= 0.6 is 0 Å². The van der Waals surface area contributed by atoms with Crippen LogP contribution in [0.3, 0.4) is 0 Å². The van der Waals surface area contributed by atoms with Crippen LogP contribution in [0.25, 0.3) is 0 Å². The molecule has 1 aliphatic heterocycles. The van der Waals surface area contributed by atoms with Crippen LogP contribution in [0, 0.1) is 0 Å². The second kappa shape index (κ2) is 12.5. The van der Waals surface area contributed by atoms with Crippen LogP contribution < -0.4 is 14.8 Å². The molecule has 1 N–H and O–H groups in total. The van der Waals surface area contributed by atoms with Gasteiger partial charge >= 0.3 is 0 Å². The van der Waals surface area contributed by atoms with Crippen LogP contribution in [-0.2, 0) is 4.74 Å². The summed E-state index contributed by atoms with van der Waals surface area (Å²) >= 11 is 0. The van der Waals surface area contributed by atoms with E-state index in [-0.39, 0.29) is 12.0 Å². The van der Waals surface area contributed by atoms with Gasteiger partial charge in [-0.3, -0.25) is 4.79 Å². The van der Waals surface area contributed by atoms with E-state index >= 15 is 0 Å². The number of hydrogen-bond donors (Lipinski definition) is 1. The topological polar surface area (TPSA) is 60.0 Å². The molecule has 0 saturated carbocycles. The van der Waals surface area contributed by atoms with E-state index in [1.54, 1.807) is 32.4 Å². The molecule has 0 aliphatic carbocycles. The minimum absolute atomic E-state index is 0.0930. The third kappa shape index (κ3) is 6.97. The molecule has 6 heteroatoms. The molecule has 0 aromatic heterocycles. The van der Waals surface area contributed by atoms with Gasteiger partial charge in [-0.15, -0.1) is 0 Å². The Balaban J connectivity index is 1.52. The van der Waals surface area contributed by atoms with E-state index < -0.39 is 0 Å². The van der Waals surface area contributed by atoms with Crippen molar-refractivity contribution in [3.05, 3.63) is 59.7 Å². The summed E-state index contributed by atoms with van der Waals surface area (Å²) in [6.07, 6.45) is 3.14. The maximum Gasteiger partial charge on any atom is 0.255 e. The Morgan fingerprint density at radius 1 is 1.12 bits per heavy atom. The lowest BCUT2D eigenvalue weighted by atomic mass is 9.97. The maximum atomic E-state index is 12.6. The second-order valence-electron chi connectivity index (χ2n) is 8.37. The first-order valence-corrected chi connectivity index (χ1v) is 11.5. The molecular weight excluding hydrogens is 404 g/mol. The monoisotopic (exact) mass is 440 g/mol. The van der Waals surface area contributed by atoms with E-state index in [1.807, 2.05) is 0 Å². The van der Waals surface area contributed by atoms with Gasteiger partial charge in [-0.1, -0.05) is 37.3 Å². The van der Waals surface area contributed by atoms with Crippen molar-refractivity contribution in [2.75, 3.05) is 47.0 Å². The van der Waals surface area contributed by atoms with Crippen LogP contribution in [0.5, 0.6) is 11.5 Å². The Labute approximate surface area is 191 Å². The fourth-order valence-electron chi connectivity index (χ4n) is 4.03. The lowest BCUT2D eigenvalue weighted by molar-refractivity contribution is 0.0889. The molecule has 2 aromatic rings. The molecule has 0 bridgehead atoms. The van der Waals surface area contributed by atoms with Crippen LogP contribution in [0.2, 0.25) is 0 Å². The zero-order chi connectivity index (χ0) is 22.8. The molecule has 3 rings (SSSR count). The Bertz CT molecular complexity index is 835. The van der Waals surface area contributed by atoms with Crippen LogP contribution in [0.1, 0.15) is 48.0 Å². The largest absolute Gasteiger partial charge is 0.497 e. The normalized spacial score (nSPS) is 15.8. The number of ether oxygens (including phenoxy) is 3. The van der Waals surface area contributed by atoms with E-state index in [9.17, 15) is 4.79 Å². The van der Waals surface area contributed by atoms with Crippen molar-refractivity contribution < 1.29 is 19.0 Å². The molecule has 6 nitrogen and oxygen atoms in total. The fraction of sp³-hybridized carbons (Fsp3) is 0.500. The molecule has 1 saturated heterocycles. The third-order valence-corrected chi connectivity index (χ3v) is 6.10. The quantitative estimate of drug-likeness (QED) is 0.533. The zero-order valence-electron chi connectivity index (χ0n) is 19.5. The predicted molar refractivity (Wildman–Crippen MR) is 127 cm³/mol. The average molecular weight is 441 g/mol. The SMILES string of the molecule is COCCNC(=O)c1ccc(OC)cc1OC1CCN(CCC(C)c2ccccc2)CC1. The highest BCUT2D eigenvalue weighted by Crippen LogP contribution is 2.28. The summed E-state index contributed by atoms with van der Waals surface area (Å²) in [6, 6.07) is 16.1. The Morgan fingerprint density at radius 3 is 2.56 bits per heavy atom. The smallest absolute Gasteiger partial charge is 0.255 e. The van der Waals surface area contributed by atoms with Gasteiger partial charge in [0.1, 0.15) is 17.6 Å². The number of nitrogens with zero attached hydrogens (tertiary/aromatic N) is 1. The van der Waals surface area contributed by atoms with Crippen molar-refractivity contribution in [1.82, 2.24) is 10.2 Å². The Morgan fingerprint density at radius 2 is 1.88 bits per heavy atom. The Hall–Kier alpha value is -2.57. The lowest BCUT2D eigenvalue weighted by Gasteiger charge is -2.33. The molecule has 2 aromatic carbocycles. The zero-order valence-corrected chi connectivity index (χ0v) is 19.5. The molecule has 174 valence electrons. The summed E-state index contributed by atoms with van der Waals surface area (Å²) in [5.74, 6) is 1.66. The number of amides is 1. The molecule has 1 atom stereocenters. The van der Waals surface area contributed by atoms with Crippen molar-refractivity contribution >= 4 is 5.91 Å². The number of rotatable bonds is 11. The van der Waals surface area contributed by atoms with E-state index in [1.165, 1.54) is 5.56 Å². The summed E-state index contributed by atoms with van der Waals surface area (Å²) in [4.78, 5) is 15.1. The van der Waals surface area contributed by atoms with Gasteiger partial charge in [0.2, 0.25) is 0 Å². The first-order chi connectivity index (χ1) is 15.6. The van der Waals surface area contributed by atoms with E-state index in [4.69, 9.17) is 14.2 Å². The molecule has 1 unspecified atom stereocenters. The van der Waals surface area contributed by atoms with Crippen molar-refractivity contribution in [1.29, 1.82) is 0 Å². The number of carbonyl (C=O) groups excluding carboxylic acids is 1. The highest BCUT2D eigenvalue weighted by Gasteiger charge is 2.23. The molecule has 1 aliphatic rings. The summed E-state index contributed by atoms with van der Waals surface area (Å²) in [5.41, 5.74) is 1.93. The highest BCUT2D eigenvalue weighted by molar-refractivity contribution is 5.97. The molecule has 1 fully saturated rings. The van der Waals surface area contributed by atoms with Gasteiger partial charge in [0.05, 0.1) is 19.3 Å². The van der Waals surface area contributed by atoms with Crippen LogP contribution in [0.15, 0.2) is 48.5 Å². The van der Waals surface area contributed by atoms with Crippen LogP contribution in [0.4, 0.5) is 0 Å². The number of piperidine rings is 1. The van der Waals surface area contributed by atoms with Gasteiger partial charge in [0.15, 0.2) is 0 Å². The van der Waals surface area contributed by atoms with Crippen molar-refractivity contribution in [3.63, 3.8) is 0 Å². The first kappa shape index (κ1) is 24.1. The fourth-order valence-corrected chi connectivity index (χ4v) is 4.03. The summed E-state index contributed by atoms with van der Waals surface area (Å²) in [5, 5.41) is 2.87. The van der Waals surface area contributed by atoms with Crippen molar-refractivity contribution in [2.24, 2.45) is 0 Å². The molecule has 32 heavy (non-hydrogen) atoms. The number of carbonyl (C=O) groups is 1. The van der Waals surface area contributed by atoms with Gasteiger partial charge in [0, 0.05) is 32.8 Å². The maximum absolute atomic E-state index is 12.6. The predicted octanol–water partition coefficient (Wildman–Crippen LogP) is 4.11. The van der Waals surface area contributed by atoms with E-state index in [2.05, 4.69) is 47.5 Å². The average Bonchev–Trinajstić information content (AvgIpc) is 2.84. The van der Waals surface area contributed by atoms with Gasteiger partial charge in [-0.25, -0.2) is 0 Å². The lowest BCUT2D eigenvalue weighted by Crippen LogP contribution is -2.39. The van der Waals surface area contributed by atoms with Crippen LogP contribution in [-0.4, -0.2) is 63.9 Å². The molecule has 1 heterocycles. The van der Waals surface area contributed by atoms with Gasteiger partial charge in [0.25, 0.3) is 5.91 Å². The second-order valence-corrected chi connectivity index (χ2v) is 8.37. The van der Waals surface area contributed by atoms with Crippen molar-refractivity contribution in [3.8, 4) is 11.5 Å². The number of benzene rings is 2. The third-order valence-electron chi connectivity index (χ3n) is 6.10. The highest BCUT2D eigenvalue weighted by atomic mass is 16.5. The number of likely N-dealkylation sites (tertiary alicyclic amines) is 1. The number of nitrogens with one attached hydrogen (secondary N) is 1. The molecule has 1 amide bonds. The minimum atomic E-state index is -0.160. The summed E-state index contributed by atoms with van der Waals surface area (Å²) < 4.78 is 16.7. The van der Waals surface area contributed by atoms with Gasteiger partial charge < -0.3 is 24.4 Å². The number of methoxy groups -OCH3 is 2. The minimum Gasteiger partial charge on any atom is -0.497 e. The molecular formula is C26H36N2O4.